The fraction of sp³-hybridized carbons (Fsp3) is 0.0909. The molecule has 0 fully saturated rings. The summed E-state index contributed by atoms with van der Waals surface area (Å²) in [5, 5.41) is 8.16. The normalized spacial score (nSPS) is 11.3. The van der Waals surface area contributed by atoms with Crippen LogP contribution in [0.5, 0.6) is 5.75 Å². The molecule has 0 aliphatic carbocycles. The number of halogens is 1. The monoisotopic (exact) mass is 569 g/mol. The number of benzene rings is 2. The Morgan fingerprint density at radius 3 is 2.56 bits per heavy atom. The molecule has 0 amide bonds. The molecule has 7 aromatic rings. The standard InChI is InChI=1S/C33H24FN7O2/c1-43-26-13-21(12-24(34)15-26)27-7-8-36-32-29(27)38-33(39-32)30-28-14-23(18-37-31(28)41-40-30)22-9-20(16-35-17-22)11-25(42)10-19-5-3-2-4-6-19/h2-9,12-18H,10-11H2,1H3,(H,36,38,39)(H,37,40,41). The topological polar surface area (TPSA) is 122 Å². The van der Waals surface area contributed by atoms with Gasteiger partial charge in [0, 0.05) is 60.4 Å². The third kappa shape index (κ3) is 5.21. The first kappa shape index (κ1) is 26.1. The highest BCUT2D eigenvalue weighted by Gasteiger charge is 2.17. The molecule has 2 N–H and O–H groups in total. The Balaban J connectivity index is 1.22. The van der Waals surface area contributed by atoms with Crippen LogP contribution >= 0.6 is 0 Å². The zero-order valence-electron chi connectivity index (χ0n) is 23.0. The summed E-state index contributed by atoms with van der Waals surface area (Å²) in [7, 11) is 1.50. The molecule has 43 heavy (non-hydrogen) atoms. The Morgan fingerprint density at radius 2 is 1.70 bits per heavy atom. The second-order valence-corrected chi connectivity index (χ2v) is 10.2. The predicted octanol–water partition coefficient (Wildman–Crippen LogP) is 6.13. The maximum absolute atomic E-state index is 14.3. The van der Waals surface area contributed by atoms with Crippen molar-refractivity contribution >= 4 is 28.0 Å². The van der Waals surface area contributed by atoms with E-state index in [-0.39, 0.29) is 12.2 Å². The van der Waals surface area contributed by atoms with Crippen molar-refractivity contribution < 1.29 is 13.9 Å². The van der Waals surface area contributed by atoms with Crippen LogP contribution in [0.2, 0.25) is 0 Å². The third-order valence-corrected chi connectivity index (χ3v) is 7.23. The summed E-state index contributed by atoms with van der Waals surface area (Å²) in [5.41, 5.74) is 7.10. The first-order valence-electron chi connectivity index (χ1n) is 13.6. The van der Waals surface area contributed by atoms with Crippen LogP contribution in [0.25, 0.3) is 56.0 Å². The van der Waals surface area contributed by atoms with E-state index in [0.29, 0.717) is 46.1 Å². The zero-order valence-corrected chi connectivity index (χ0v) is 23.0. The summed E-state index contributed by atoms with van der Waals surface area (Å²) in [6.45, 7) is 0. The van der Waals surface area contributed by atoms with Gasteiger partial charge >= 0.3 is 0 Å². The van der Waals surface area contributed by atoms with Crippen molar-refractivity contribution in [3.63, 3.8) is 0 Å². The van der Waals surface area contributed by atoms with Gasteiger partial charge in [0.25, 0.3) is 0 Å². The Kier molecular flexibility index (Phi) is 6.63. The number of carbonyl (C=O) groups is 1. The number of hydrogen-bond acceptors (Lipinski definition) is 7. The molecule has 5 heterocycles. The lowest BCUT2D eigenvalue weighted by atomic mass is 10.0. The second kappa shape index (κ2) is 10.9. The number of nitrogens with one attached hydrogen (secondary N) is 2. The highest BCUT2D eigenvalue weighted by atomic mass is 19.1. The van der Waals surface area contributed by atoms with E-state index in [4.69, 9.17) is 9.72 Å². The van der Waals surface area contributed by atoms with Crippen molar-refractivity contribution in [2.75, 3.05) is 7.11 Å². The number of H-pyrrole nitrogens is 2. The first-order chi connectivity index (χ1) is 21.0. The van der Waals surface area contributed by atoms with Gasteiger partial charge in [0.2, 0.25) is 0 Å². The molecule has 0 atom stereocenters. The molecule has 5 aromatic heterocycles. The number of pyridine rings is 3. The SMILES string of the molecule is COc1cc(F)cc(-c2ccnc3nc(-c4[nH]nc5ncc(-c6cncc(CC(=O)Cc7ccccc7)c6)cc45)[nH]c23)c1. The largest absolute Gasteiger partial charge is 0.497 e. The minimum atomic E-state index is -0.406. The number of methoxy groups -OCH3 is 1. The van der Waals surface area contributed by atoms with Crippen LogP contribution in [0.4, 0.5) is 4.39 Å². The van der Waals surface area contributed by atoms with E-state index in [9.17, 15) is 9.18 Å². The molecule has 2 aromatic carbocycles. The van der Waals surface area contributed by atoms with Crippen molar-refractivity contribution in [2.24, 2.45) is 0 Å². The maximum Gasteiger partial charge on any atom is 0.181 e. The third-order valence-electron chi connectivity index (χ3n) is 7.23. The molecular formula is C33H24FN7O2. The molecule has 0 bridgehead atoms. The van der Waals surface area contributed by atoms with Gasteiger partial charge in [-0.25, -0.2) is 19.3 Å². The number of nitrogens with zero attached hydrogens (tertiary/aromatic N) is 5. The van der Waals surface area contributed by atoms with Gasteiger partial charge in [0.15, 0.2) is 17.1 Å². The van der Waals surface area contributed by atoms with E-state index in [2.05, 4.69) is 30.1 Å². The minimum Gasteiger partial charge on any atom is -0.497 e. The summed E-state index contributed by atoms with van der Waals surface area (Å²) in [4.78, 5) is 34.1. The van der Waals surface area contributed by atoms with Gasteiger partial charge in [0.05, 0.1) is 18.0 Å². The smallest absolute Gasteiger partial charge is 0.181 e. The number of Topliss-reactive ketones (excluding diaryl/α,β-unsaturated/α-hetero) is 1. The van der Waals surface area contributed by atoms with Crippen LogP contribution in [0.1, 0.15) is 11.1 Å². The van der Waals surface area contributed by atoms with Crippen LogP contribution in [0.15, 0.2) is 91.5 Å². The number of fused-ring (bicyclic) bond motifs is 2. The number of ketones is 1. The number of aromatic nitrogens is 7. The van der Waals surface area contributed by atoms with Gasteiger partial charge in [0.1, 0.15) is 23.0 Å². The average Bonchev–Trinajstić information content (AvgIpc) is 3.65. The van der Waals surface area contributed by atoms with Crippen molar-refractivity contribution in [3.05, 3.63) is 108 Å². The number of ether oxygens (including phenoxy) is 1. The summed E-state index contributed by atoms with van der Waals surface area (Å²) in [6.07, 6.45) is 7.49. The zero-order chi connectivity index (χ0) is 29.3. The van der Waals surface area contributed by atoms with E-state index in [1.165, 1.54) is 19.2 Å². The molecule has 9 nitrogen and oxygen atoms in total. The van der Waals surface area contributed by atoms with Crippen LogP contribution < -0.4 is 4.74 Å². The number of aromatic amines is 2. The number of rotatable bonds is 8. The van der Waals surface area contributed by atoms with Crippen molar-refractivity contribution in [1.29, 1.82) is 0 Å². The van der Waals surface area contributed by atoms with Crippen molar-refractivity contribution in [1.82, 2.24) is 35.1 Å². The van der Waals surface area contributed by atoms with E-state index in [1.807, 2.05) is 42.5 Å². The van der Waals surface area contributed by atoms with Crippen molar-refractivity contribution in [3.8, 4) is 39.5 Å². The van der Waals surface area contributed by atoms with E-state index >= 15 is 0 Å². The Labute approximate surface area is 244 Å². The lowest BCUT2D eigenvalue weighted by Gasteiger charge is -2.06. The molecular weight excluding hydrogens is 545 g/mol. The van der Waals surface area contributed by atoms with Gasteiger partial charge in [-0.05, 0) is 47.0 Å². The number of imidazole rings is 1. The fourth-order valence-corrected chi connectivity index (χ4v) is 5.20. The van der Waals surface area contributed by atoms with E-state index in [1.54, 1.807) is 36.9 Å². The van der Waals surface area contributed by atoms with Gasteiger partial charge in [-0.3, -0.25) is 14.9 Å². The molecule has 0 spiro atoms. The average molecular weight is 570 g/mol. The Hall–Kier alpha value is -5.77. The molecule has 0 radical (unpaired) electrons. The van der Waals surface area contributed by atoms with Gasteiger partial charge in [-0.15, -0.1) is 0 Å². The molecule has 7 rings (SSSR count). The van der Waals surface area contributed by atoms with E-state index < -0.39 is 5.82 Å². The van der Waals surface area contributed by atoms with Gasteiger partial charge in [-0.2, -0.15) is 5.10 Å². The predicted molar refractivity (Wildman–Crippen MR) is 161 cm³/mol. The highest BCUT2D eigenvalue weighted by molar-refractivity contribution is 5.96. The first-order valence-corrected chi connectivity index (χ1v) is 13.6. The highest BCUT2D eigenvalue weighted by Crippen LogP contribution is 2.33. The lowest BCUT2D eigenvalue weighted by Crippen LogP contribution is -2.06. The van der Waals surface area contributed by atoms with Crippen LogP contribution in [0.3, 0.4) is 0 Å². The quantitative estimate of drug-likeness (QED) is 0.226. The van der Waals surface area contributed by atoms with Gasteiger partial charge in [-0.1, -0.05) is 30.3 Å². The molecule has 0 saturated carbocycles. The van der Waals surface area contributed by atoms with Gasteiger partial charge < -0.3 is 9.72 Å². The maximum atomic E-state index is 14.3. The van der Waals surface area contributed by atoms with Crippen LogP contribution in [-0.2, 0) is 17.6 Å². The second-order valence-electron chi connectivity index (χ2n) is 10.2. The number of carbonyl (C=O) groups excluding carboxylic acids is 1. The Bertz CT molecular complexity index is 2120. The van der Waals surface area contributed by atoms with Crippen LogP contribution in [0, 0.1) is 5.82 Å². The van der Waals surface area contributed by atoms with Crippen molar-refractivity contribution in [2.45, 2.75) is 12.8 Å². The molecule has 210 valence electrons. The summed E-state index contributed by atoms with van der Waals surface area (Å²) < 4.78 is 19.6. The summed E-state index contributed by atoms with van der Waals surface area (Å²) in [5.74, 6) is 0.636. The molecule has 0 aliphatic heterocycles. The van der Waals surface area contributed by atoms with E-state index in [0.717, 1.165) is 33.2 Å². The molecule has 0 unspecified atom stereocenters. The Morgan fingerprint density at radius 1 is 0.860 bits per heavy atom. The minimum absolute atomic E-state index is 0.116. The lowest BCUT2D eigenvalue weighted by molar-refractivity contribution is -0.117. The van der Waals surface area contributed by atoms with Crippen LogP contribution in [-0.4, -0.2) is 48.0 Å². The summed E-state index contributed by atoms with van der Waals surface area (Å²) in [6, 6.07) is 20.0. The summed E-state index contributed by atoms with van der Waals surface area (Å²) >= 11 is 0. The molecule has 0 saturated heterocycles. The molecule has 0 aliphatic rings. The molecule has 10 heteroatoms. The fourth-order valence-electron chi connectivity index (χ4n) is 5.20. The number of hydrogen-bond donors (Lipinski definition) is 2.